The molecule has 0 aliphatic carbocycles. The first-order valence-electron chi connectivity index (χ1n) is 9.73. The highest BCUT2D eigenvalue weighted by molar-refractivity contribution is 5.99. The topological polar surface area (TPSA) is 113 Å². The van der Waals surface area contributed by atoms with Gasteiger partial charge in [-0.1, -0.05) is 0 Å². The fourth-order valence-electron chi connectivity index (χ4n) is 3.34. The molecule has 3 aromatic rings. The number of ether oxygens (including phenoxy) is 3. The number of carbonyl (C=O) groups is 1. The summed E-state index contributed by atoms with van der Waals surface area (Å²) < 4.78 is 21.6. The van der Waals surface area contributed by atoms with Crippen LogP contribution in [0.2, 0.25) is 0 Å². The average Bonchev–Trinajstić information content (AvgIpc) is 3.09. The summed E-state index contributed by atoms with van der Waals surface area (Å²) >= 11 is 0. The quantitative estimate of drug-likeness (QED) is 0.404. The van der Waals surface area contributed by atoms with Crippen LogP contribution in [0.4, 0.5) is 5.69 Å². The van der Waals surface area contributed by atoms with Crippen molar-refractivity contribution in [3.8, 4) is 17.2 Å². The Labute approximate surface area is 179 Å². The number of nitro groups is 1. The average molecular weight is 428 g/mol. The van der Waals surface area contributed by atoms with Gasteiger partial charge in [0.25, 0.3) is 11.6 Å². The number of carbonyl (C=O) groups excluding carboxylic acids is 1. The molecule has 0 aliphatic heterocycles. The van der Waals surface area contributed by atoms with Crippen LogP contribution >= 0.6 is 0 Å². The molecule has 0 aliphatic rings. The Balaban J connectivity index is 1.76. The van der Waals surface area contributed by atoms with E-state index in [4.69, 9.17) is 18.6 Å². The lowest BCUT2D eigenvalue weighted by molar-refractivity contribution is -0.385. The summed E-state index contributed by atoms with van der Waals surface area (Å²) in [5.74, 6) is 1.16. The number of hydrogen-bond acceptors (Lipinski definition) is 7. The van der Waals surface area contributed by atoms with Crippen molar-refractivity contribution in [1.82, 2.24) is 5.32 Å². The fraction of sp³-hybridized carbons (Fsp3) is 0.318. The third-order valence-electron chi connectivity index (χ3n) is 4.89. The normalized spacial score (nSPS) is 10.7. The van der Waals surface area contributed by atoms with Gasteiger partial charge < -0.3 is 23.9 Å². The molecular formula is C22H24N2O7. The standard InChI is InChI=1S/C22H24N2O7/c1-5-30-15-6-7-18-16(11-15)13(2)21(31-18)22(25)23-9-8-14-10-19(28-3)20(29-4)12-17(14)24(26)27/h6-7,10-12H,5,8-9H2,1-4H3,(H,23,25). The minimum absolute atomic E-state index is 0.102. The van der Waals surface area contributed by atoms with Gasteiger partial charge in [0, 0.05) is 23.1 Å². The summed E-state index contributed by atoms with van der Waals surface area (Å²) in [7, 11) is 2.87. The molecule has 1 aromatic heterocycles. The monoisotopic (exact) mass is 428 g/mol. The van der Waals surface area contributed by atoms with Gasteiger partial charge in [0.15, 0.2) is 17.3 Å². The summed E-state index contributed by atoms with van der Waals surface area (Å²) in [6, 6.07) is 8.24. The van der Waals surface area contributed by atoms with Crippen LogP contribution in [0.25, 0.3) is 11.0 Å². The van der Waals surface area contributed by atoms with E-state index in [2.05, 4.69) is 5.32 Å². The van der Waals surface area contributed by atoms with Gasteiger partial charge in [-0.05, 0) is 44.5 Å². The van der Waals surface area contributed by atoms with Crippen LogP contribution in [0.15, 0.2) is 34.7 Å². The van der Waals surface area contributed by atoms with Crippen molar-refractivity contribution in [2.24, 2.45) is 0 Å². The molecule has 0 bridgehead atoms. The molecule has 0 saturated carbocycles. The highest BCUT2D eigenvalue weighted by Crippen LogP contribution is 2.34. The molecule has 0 unspecified atom stereocenters. The number of nitro benzene ring substituents is 1. The van der Waals surface area contributed by atoms with E-state index >= 15 is 0 Å². The van der Waals surface area contributed by atoms with Gasteiger partial charge >= 0.3 is 0 Å². The molecule has 1 heterocycles. The van der Waals surface area contributed by atoms with Crippen molar-refractivity contribution < 1.29 is 28.3 Å². The maximum Gasteiger partial charge on any atom is 0.287 e. The Morgan fingerprint density at radius 1 is 1.16 bits per heavy atom. The highest BCUT2D eigenvalue weighted by Gasteiger charge is 2.21. The fourth-order valence-corrected chi connectivity index (χ4v) is 3.34. The number of furan rings is 1. The van der Waals surface area contributed by atoms with Gasteiger partial charge in [0.05, 0.1) is 31.8 Å². The number of amides is 1. The Morgan fingerprint density at radius 2 is 1.87 bits per heavy atom. The Bertz CT molecular complexity index is 1120. The van der Waals surface area contributed by atoms with Crippen molar-refractivity contribution in [1.29, 1.82) is 0 Å². The first kappa shape index (κ1) is 21.9. The highest BCUT2D eigenvalue weighted by atomic mass is 16.6. The molecule has 0 atom stereocenters. The van der Waals surface area contributed by atoms with Crippen LogP contribution < -0.4 is 19.5 Å². The molecule has 2 aromatic carbocycles. The molecule has 164 valence electrons. The molecule has 1 N–H and O–H groups in total. The van der Waals surface area contributed by atoms with Crippen LogP contribution in [0.1, 0.15) is 28.6 Å². The predicted octanol–water partition coefficient (Wildman–Crippen LogP) is 4.04. The number of fused-ring (bicyclic) bond motifs is 1. The summed E-state index contributed by atoms with van der Waals surface area (Å²) in [4.78, 5) is 23.6. The maximum atomic E-state index is 12.7. The van der Waals surface area contributed by atoms with Crippen molar-refractivity contribution in [3.63, 3.8) is 0 Å². The second-order valence-corrected chi connectivity index (χ2v) is 6.75. The van der Waals surface area contributed by atoms with Gasteiger partial charge in [-0.3, -0.25) is 14.9 Å². The number of nitrogens with zero attached hydrogens (tertiary/aromatic N) is 1. The van der Waals surface area contributed by atoms with Gasteiger partial charge in [0.1, 0.15) is 11.3 Å². The summed E-state index contributed by atoms with van der Waals surface area (Å²) in [5.41, 5.74) is 1.61. The minimum atomic E-state index is -0.488. The van der Waals surface area contributed by atoms with E-state index in [1.54, 1.807) is 25.1 Å². The zero-order valence-corrected chi connectivity index (χ0v) is 17.8. The molecule has 9 heteroatoms. The number of benzene rings is 2. The van der Waals surface area contributed by atoms with Crippen LogP contribution in [-0.2, 0) is 6.42 Å². The number of rotatable bonds is 9. The van der Waals surface area contributed by atoms with Crippen LogP contribution in [0.5, 0.6) is 17.2 Å². The molecule has 0 fully saturated rings. The molecule has 1 amide bonds. The van der Waals surface area contributed by atoms with Gasteiger partial charge in [-0.25, -0.2) is 0 Å². The SMILES string of the molecule is CCOc1ccc2oc(C(=O)NCCc3cc(OC)c(OC)cc3[N+](=O)[O-])c(C)c2c1. The largest absolute Gasteiger partial charge is 0.494 e. The maximum absolute atomic E-state index is 12.7. The molecule has 3 rings (SSSR count). The zero-order valence-electron chi connectivity index (χ0n) is 17.8. The van der Waals surface area contributed by atoms with Crippen molar-refractivity contribution in [2.75, 3.05) is 27.4 Å². The van der Waals surface area contributed by atoms with E-state index in [0.717, 1.165) is 5.39 Å². The first-order valence-corrected chi connectivity index (χ1v) is 9.73. The zero-order chi connectivity index (χ0) is 22.5. The lowest BCUT2D eigenvalue weighted by atomic mass is 10.1. The third kappa shape index (κ3) is 4.55. The third-order valence-corrected chi connectivity index (χ3v) is 4.89. The number of nitrogens with one attached hydrogen (secondary N) is 1. The van der Waals surface area contributed by atoms with Crippen LogP contribution in [-0.4, -0.2) is 38.2 Å². The molecule has 0 spiro atoms. The van der Waals surface area contributed by atoms with Gasteiger partial charge in [0.2, 0.25) is 0 Å². The number of hydrogen-bond donors (Lipinski definition) is 1. The smallest absolute Gasteiger partial charge is 0.287 e. The van der Waals surface area contributed by atoms with Crippen molar-refractivity contribution >= 4 is 22.6 Å². The van der Waals surface area contributed by atoms with Crippen LogP contribution in [0.3, 0.4) is 0 Å². The van der Waals surface area contributed by atoms with Crippen molar-refractivity contribution in [3.05, 3.63) is 57.3 Å². The Hall–Kier alpha value is -3.75. The molecular weight excluding hydrogens is 404 g/mol. The van der Waals surface area contributed by atoms with E-state index < -0.39 is 10.8 Å². The summed E-state index contributed by atoms with van der Waals surface area (Å²) in [6.07, 6.45) is 0.232. The second kappa shape index (κ2) is 9.38. The molecule has 0 radical (unpaired) electrons. The molecule has 0 saturated heterocycles. The predicted molar refractivity (Wildman–Crippen MR) is 114 cm³/mol. The van der Waals surface area contributed by atoms with Crippen LogP contribution in [0, 0.1) is 17.0 Å². The van der Waals surface area contributed by atoms with E-state index in [1.807, 2.05) is 13.0 Å². The first-order chi connectivity index (χ1) is 14.9. The van der Waals surface area contributed by atoms with E-state index in [9.17, 15) is 14.9 Å². The number of aryl methyl sites for hydroxylation is 1. The van der Waals surface area contributed by atoms with E-state index in [1.165, 1.54) is 20.3 Å². The second-order valence-electron chi connectivity index (χ2n) is 6.75. The summed E-state index contributed by atoms with van der Waals surface area (Å²) in [5, 5.41) is 15.0. The molecule has 31 heavy (non-hydrogen) atoms. The lowest BCUT2D eigenvalue weighted by Gasteiger charge is -2.11. The van der Waals surface area contributed by atoms with E-state index in [-0.39, 0.29) is 30.2 Å². The summed E-state index contributed by atoms with van der Waals surface area (Å²) in [6.45, 7) is 4.41. The van der Waals surface area contributed by atoms with Gasteiger partial charge in [-0.15, -0.1) is 0 Å². The Kier molecular flexibility index (Phi) is 6.64. The number of methoxy groups -OCH3 is 2. The molecule has 9 nitrogen and oxygen atoms in total. The van der Waals surface area contributed by atoms with Crippen molar-refractivity contribution in [2.45, 2.75) is 20.3 Å². The minimum Gasteiger partial charge on any atom is -0.494 e. The van der Waals surface area contributed by atoms with E-state index in [0.29, 0.717) is 34.8 Å². The lowest BCUT2D eigenvalue weighted by Crippen LogP contribution is -2.26. The van der Waals surface area contributed by atoms with Gasteiger partial charge in [-0.2, -0.15) is 0 Å². The Morgan fingerprint density at radius 3 is 2.52 bits per heavy atom.